The molecule has 0 amide bonds. The monoisotopic (exact) mass is 261 g/mol. The van der Waals surface area contributed by atoms with Crippen LogP contribution in [0.1, 0.15) is 45.1 Å². The van der Waals surface area contributed by atoms with Crippen molar-refractivity contribution in [3.05, 3.63) is 40.8 Å². The number of aromatic hydroxyl groups is 1. The van der Waals surface area contributed by atoms with E-state index in [1.54, 1.807) is 6.07 Å². The zero-order valence-electron chi connectivity index (χ0n) is 11.9. The van der Waals surface area contributed by atoms with Crippen molar-refractivity contribution in [3.63, 3.8) is 0 Å². The van der Waals surface area contributed by atoms with Crippen LogP contribution in [0.15, 0.2) is 29.7 Å². The van der Waals surface area contributed by atoms with Crippen molar-refractivity contribution < 1.29 is 5.11 Å². The second-order valence-corrected chi connectivity index (χ2v) is 6.32. The summed E-state index contributed by atoms with van der Waals surface area (Å²) in [5, 5.41) is 10.1. The van der Waals surface area contributed by atoms with Gasteiger partial charge < -0.3 is 10.1 Å². The lowest BCUT2D eigenvalue weighted by atomic mass is 9.58. The van der Waals surface area contributed by atoms with Crippen LogP contribution < -0.4 is 5.56 Å². The number of H-pyrrole nitrogens is 1. The van der Waals surface area contributed by atoms with Crippen LogP contribution in [0.3, 0.4) is 0 Å². The standard InChI is InChI=1S/C16H23NO2/c1-5-16(4)9-10(2)8-11(3)14(16)13-12(18)6-7-17-15(13)19/h5-7,10-11,14H,1,8-9H2,2-4H3,(H2,17,18,19)/t10-,11+,14+,16-/m0/s1. The third kappa shape index (κ3) is 2.34. The molecule has 104 valence electrons. The highest BCUT2D eigenvalue weighted by Crippen LogP contribution is 2.53. The molecule has 0 spiro atoms. The van der Waals surface area contributed by atoms with Crippen molar-refractivity contribution in [2.75, 3.05) is 0 Å². The Bertz CT molecular complexity index is 534. The van der Waals surface area contributed by atoms with Gasteiger partial charge in [-0.25, -0.2) is 0 Å². The molecule has 0 aliphatic heterocycles. The maximum Gasteiger partial charge on any atom is 0.255 e. The average Bonchev–Trinajstić information content (AvgIpc) is 2.32. The summed E-state index contributed by atoms with van der Waals surface area (Å²) in [6.07, 6.45) is 5.51. The van der Waals surface area contributed by atoms with Crippen molar-refractivity contribution in [1.82, 2.24) is 4.98 Å². The van der Waals surface area contributed by atoms with Crippen LogP contribution in [0.5, 0.6) is 5.75 Å². The molecule has 0 saturated heterocycles. The zero-order chi connectivity index (χ0) is 14.2. The minimum absolute atomic E-state index is 0.0196. The van der Waals surface area contributed by atoms with Crippen molar-refractivity contribution in [1.29, 1.82) is 0 Å². The number of pyridine rings is 1. The Hall–Kier alpha value is -1.51. The Labute approximate surface area is 114 Å². The molecule has 1 aliphatic rings. The summed E-state index contributed by atoms with van der Waals surface area (Å²) in [5.74, 6) is 1.08. The van der Waals surface area contributed by atoms with Crippen LogP contribution in [-0.2, 0) is 0 Å². The lowest BCUT2D eigenvalue weighted by Crippen LogP contribution is -2.38. The Morgan fingerprint density at radius 2 is 2.21 bits per heavy atom. The number of allylic oxidation sites excluding steroid dienone is 1. The van der Waals surface area contributed by atoms with Gasteiger partial charge in [0.2, 0.25) is 0 Å². The van der Waals surface area contributed by atoms with Crippen LogP contribution in [-0.4, -0.2) is 10.1 Å². The summed E-state index contributed by atoms with van der Waals surface area (Å²) >= 11 is 0. The fourth-order valence-corrected chi connectivity index (χ4v) is 3.99. The highest BCUT2D eigenvalue weighted by molar-refractivity contribution is 5.35. The first kappa shape index (κ1) is 13.9. The largest absolute Gasteiger partial charge is 0.507 e. The van der Waals surface area contributed by atoms with Crippen molar-refractivity contribution in [2.45, 2.75) is 39.5 Å². The summed E-state index contributed by atoms with van der Waals surface area (Å²) < 4.78 is 0. The molecule has 0 radical (unpaired) electrons. The number of hydrogen-bond acceptors (Lipinski definition) is 2. The molecule has 0 bridgehead atoms. The summed E-state index contributed by atoms with van der Waals surface area (Å²) in [4.78, 5) is 14.8. The number of aromatic amines is 1. The molecule has 2 rings (SSSR count). The SMILES string of the molecule is C=C[C@@]1(C)C[C@@H](C)C[C@@H](C)[C@@H]1c1c(O)cc[nH]c1=O. The third-order valence-electron chi connectivity index (χ3n) is 4.60. The van der Waals surface area contributed by atoms with E-state index in [1.807, 2.05) is 6.08 Å². The predicted octanol–water partition coefficient (Wildman–Crippen LogP) is 3.42. The minimum atomic E-state index is -0.181. The zero-order valence-corrected chi connectivity index (χ0v) is 11.9. The third-order valence-corrected chi connectivity index (χ3v) is 4.60. The van der Waals surface area contributed by atoms with Gasteiger partial charge in [-0.1, -0.05) is 26.8 Å². The van der Waals surface area contributed by atoms with Crippen molar-refractivity contribution in [2.24, 2.45) is 17.3 Å². The Kier molecular flexibility index (Phi) is 3.57. The van der Waals surface area contributed by atoms with Gasteiger partial charge in [0.15, 0.2) is 0 Å². The molecule has 4 atom stereocenters. The Balaban J connectivity index is 2.57. The molecule has 2 N–H and O–H groups in total. The number of rotatable bonds is 2. The summed E-state index contributed by atoms with van der Waals surface area (Å²) in [6.45, 7) is 10.5. The van der Waals surface area contributed by atoms with E-state index in [0.717, 1.165) is 12.8 Å². The van der Waals surface area contributed by atoms with E-state index in [-0.39, 0.29) is 22.6 Å². The van der Waals surface area contributed by atoms with Gasteiger partial charge in [-0.05, 0) is 36.2 Å². The molecular formula is C16H23NO2. The van der Waals surface area contributed by atoms with Crippen LogP contribution in [0.25, 0.3) is 0 Å². The molecule has 3 nitrogen and oxygen atoms in total. The molecule has 1 saturated carbocycles. The van der Waals surface area contributed by atoms with E-state index in [2.05, 4.69) is 32.3 Å². The van der Waals surface area contributed by atoms with E-state index in [0.29, 0.717) is 17.4 Å². The second-order valence-electron chi connectivity index (χ2n) is 6.32. The van der Waals surface area contributed by atoms with Gasteiger partial charge >= 0.3 is 0 Å². The maximum atomic E-state index is 12.1. The predicted molar refractivity (Wildman–Crippen MR) is 77.3 cm³/mol. The molecule has 19 heavy (non-hydrogen) atoms. The number of aromatic nitrogens is 1. The molecule has 1 aromatic rings. The van der Waals surface area contributed by atoms with Gasteiger partial charge in [-0.2, -0.15) is 0 Å². The molecule has 3 heteroatoms. The highest BCUT2D eigenvalue weighted by Gasteiger charge is 2.44. The van der Waals surface area contributed by atoms with Crippen LogP contribution in [0.4, 0.5) is 0 Å². The molecular weight excluding hydrogens is 238 g/mol. The van der Waals surface area contributed by atoms with Crippen LogP contribution in [0.2, 0.25) is 0 Å². The molecule has 1 fully saturated rings. The summed E-state index contributed by atoms with van der Waals surface area (Å²) in [6, 6.07) is 1.56. The van der Waals surface area contributed by atoms with Crippen molar-refractivity contribution in [3.8, 4) is 5.75 Å². The Morgan fingerprint density at radius 3 is 2.79 bits per heavy atom. The summed E-state index contributed by atoms with van der Waals surface area (Å²) in [7, 11) is 0. The van der Waals surface area contributed by atoms with Crippen molar-refractivity contribution >= 4 is 0 Å². The van der Waals surface area contributed by atoms with E-state index in [4.69, 9.17) is 0 Å². The van der Waals surface area contributed by atoms with Gasteiger partial charge in [-0.3, -0.25) is 4.79 Å². The molecule has 1 heterocycles. The van der Waals surface area contributed by atoms with Gasteiger partial charge in [-0.15, -0.1) is 6.58 Å². The quantitative estimate of drug-likeness (QED) is 0.801. The molecule has 0 unspecified atom stereocenters. The normalized spacial score (nSPS) is 35.0. The number of hydrogen-bond donors (Lipinski definition) is 2. The topological polar surface area (TPSA) is 53.1 Å². The molecule has 1 aliphatic carbocycles. The first-order valence-corrected chi connectivity index (χ1v) is 6.93. The fourth-order valence-electron chi connectivity index (χ4n) is 3.99. The van der Waals surface area contributed by atoms with Gasteiger partial charge in [0.05, 0.1) is 5.56 Å². The number of nitrogens with one attached hydrogen (secondary N) is 1. The first-order valence-electron chi connectivity index (χ1n) is 6.93. The Morgan fingerprint density at radius 1 is 1.53 bits per heavy atom. The first-order chi connectivity index (χ1) is 8.89. The van der Waals surface area contributed by atoms with Crippen LogP contribution in [0, 0.1) is 17.3 Å². The van der Waals surface area contributed by atoms with E-state index >= 15 is 0 Å². The minimum Gasteiger partial charge on any atom is -0.507 e. The van der Waals surface area contributed by atoms with E-state index in [1.165, 1.54) is 6.20 Å². The van der Waals surface area contributed by atoms with Gasteiger partial charge in [0.1, 0.15) is 5.75 Å². The lowest BCUT2D eigenvalue weighted by Gasteiger charge is -2.46. The molecule has 1 aromatic heterocycles. The van der Waals surface area contributed by atoms with E-state index in [9.17, 15) is 9.90 Å². The van der Waals surface area contributed by atoms with Crippen LogP contribution >= 0.6 is 0 Å². The second kappa shape index (κ2) is 4.87. The molecule has 0 aromatic carbocycles. The lowest BCUT2D eigenvalue weighted by molar-refractivity contribution is 0.128. The van der Waals surface area contributed by atoms with E-state index < -0.39 is 0 Å². The fraction of sp³-hybridized carbons (Fsp3) is 0.562. The highest BCUT2D eigenvalue weighted by atomic mass is 16.3. The van der Waals surface area contributed by atoms with Gasteiger partial charge in [0.25, 0.3) is 5.56 Å². The maximum absolute atomic E-state index is 12.1. The van der Waals surface area contributed by atoms with Gasteiger partial charge in [0, 0.05) is 12.1 Å². The average molecular weight is 261 g/mol. The smallest absolute Gasteiger partial charge is 0.255 e. The summed E-state index contributed by atoms with van der Waals surface area (Å²) in [5.41, 5.74) is 0.187.